The van der Waals surface area contributed by atoms with Crippen LogP contribution in [-0.4, -0.2) is 26.9 Å². The zero-order valence-electron chi connectivity index (χ0n) is 15.6. The van der Waals surface area contributed by atoms with E-state index in [0.717, 1.165) is 5.56 Å². The normalized spacial score (nSPS) is 11.9. The molecule has 0 aliphatic carbocycles. The van der Waals surface area contributed by atoms with Crippen LogP contribution in [0, 0.1) is 6.92 Å². The Morgan fingerprint density at radius 2 is 1.55 bits per heavy atom. The van der Waals surface area contributed by atoms with Crippen molar-refractivity contribution in [1.29, 1.82) is 0 Å². The first kappa shape index (κ1) is 23.2. The lowest BCUT2D eigenvalue weighted by molar-refractivity contribution is -0.114. The molecule has 0 fully saturated rings. The first-order chi connectivity index (χ1) is 13.5. The van der Waals surface area contributed by atoms with Crippen molar-refractivity contribution >= 4 is 75.3 Å². The van der Waals surface area contributed by atoms with Crippen LogP contribution >= 0.6 is 47.0 Å². The summed E-state index contributed by atoms with van der Waals surface area (Å²) in [6, 6.07) is 13.9. The van der Waals surface area contributed by atoms with Gasteiger partial charge in [0.25, 0.3) is 5.91 Å². The summed E-state index contributed by atoms with van der Waals surface area (Å²) in [4.78, 5) is 23.7. The SMILES string of the molecule is CC(=O)Nc1cccc(NC(=S)NC(NC(=O)c2ccc(C)cc2)C(Cl)(Cl)Cl)c1. The summed E-state index contributed by atoms with van der Waals surface area (Å²) < 4.78 is -1.87. The third-order valence-corrected chi connectivity index (χ3v) is 4.51. The number of carbonyl (C=O) groups excluding carboxylic acids is 2. The number of hydrogen-bond donors (Lipinski definition) is 4. The highest BCUT2D eigenvalue weighted by atomic mass is 35.6. The van der Waals surface area contributed by atoms with Crippen LogP contribution in [0.4, 0.5) is 11.4 Å². The molecule has 2 aromatic carbocycles. The van der Waals surface area contributed by atoms with E-state index in [1.54, 1.807) is 48.5 Å². The molecule has 2 amide bonds. The summed E-state index contributed by atoms with van der Waals surface area (Å²) >= 11 is 23.3. The van der Waals surface area contributed by atoms with Gasteiger partial charge in [-0.05, 0) is 49.5 Å². The second kappa shape index (κ2) is 10.1. The zero-order valence-corrected chi connectivity index (χ0v) is 18.6. The highest BCUT2D eigenvalue weighted by molar-refractivity contribution is 7.80. The van der Waals surface area contributed by atoms with Crippen LogP contribution < -0.4 is 21.3 Å². The van der Waals surface area contributed by atoms with Gasteiger partial charge < -0.3 is 21.3 Å². The Morgan fingerprint density at radius 1 is 0.966 bits per heavy atom. The summed E-state index contributed by atoms with van der Waals surface area (Å²) in [6.07, 6.45) is -1.10. The van der Waals surface area contributed by atoms with Gasteiger partial charge in [0.15, 0.2) is 5.11 Å². The Balaban J connectivity index is 2.06. The van der Waals surface area contributed by atoms with E-state index in [1.807, 2.05) is 6.92 Å². The maximum atomic E-state index is 12.5. The Kier molecular flexibility index (Phi) is 8.10. The van der Waals surface area contributed by atoms with E-state index in [4.69, 9.17) is 47.0 Å². The lowest BCUT2D eigenvalue weighted by Gasteiger charge is -2.28. The Morgan fingerprint density at radius 3 is 2.10 bits per heavy atom. The van der Waals surface area contributed by atoms with Crippen LogP contribution in [0.2, 0.25) is 0 Å². The molecule has 29 heavy (non-hydrogen) atoms. The third kappa shape index (κ3) is 7.70. The van der Waals surface area contributed by atoms with E-state index in [9.17, 15) is 9.59 Å². The molecule has 1 unspecified atom stereocenters. The number of anilines is 2. The Labute approximate surface area is 189 Å². The number of halogens is 3. The quantitative estimate of drug-likeness (QED) is 0.295. The van der Waals surface area contributed by atoms with Gasteiger partial charge in [0, 0.05) is 23.9 Å². The van der Waals surface area contributed by atoms with Crippen molar-refractivity contribution in [2.75, 3.05) is 10.6 Å². The van der Waals surface area contributed by atoms with Crippen LogP contribution in [0.5, 0.6) is 0 Å². The molecule has 0 aliphatic heterocycles. The van der Waals surface area contributed by atoms with Gasteiger partial charge in [0.05, 0.1) is 0 Å². The largest absolute Gasteiger partial charge is 0.339 e. The van der Waals surface area contributed by atoms with Crippen LogP contribution in [0.1, 0.15) is 22.8 Å². The predicted molar refractivity (Wildman–Crippen MR) is 123 cm³/mol. The fourth-order valence-electron chi connectivity index (χ4n) is 2.30. The van der Waals surface area contributed by atoms with Gasteiger partial charge >= 0.3 is 0 Å². The molecule has 0 aromatic heterocycles. The van der Waals surface area contributed by atoms with Crippen molar-refractivity contribution in [3.05, 3.63) is 59.7 Å². The minimum atomic E-state index is -1.87. The molecule has 0 radical (unpaired) electrons. The minimum Gasteiger partial charge on any atom is -0.339 e. The summed E-state index contributed by atoms with van der Waals surface area (Å²) in [5, 5.41) is 11.1. The molecule has 154 valence electrons. The highest BCUT2D eigenvalue weighted by Gasteiger charge is 2.34. The summed E-state index contributed by atoms with van der Waals surface area (Å²) in [6.45, 7) is 3.33. The van der Waals surface area contributed by atoms with E-state index >= 15 is 0 Å². The van der Waals surface area contributed by atoms with Gasteiger partial charge in [0.1, 0.15) is 6.17 Å². The number of alkyl halides is 3. The molecule has 0 aliphatic rings. The summed E-state index contributed by atoms with van der Waals surface area (Å²) in [5.41, 5.74) is 2.63. The Hall–Kier alpha value is -2.06. The first-order valence-corrected chi connectivity index (χ1v) is 9.98. The summed E-state index contributed by atoms with van der Waals surface area (Å²) in [7, 11) is 0. The molecule has 10 heteroatoms. The molecule has 6 nitrogen and oxygen atoms in total. The molecule has 0 saturated heterocycles. The molecule has 1 atom stereocenters. The van der Waals surface area contributed by atoms with Crippen molar-refractivity contribution in [1.82, 2.24) is 10.6 Å². The molecular weight excluding hydrogens is 455 g/mol. The van der Waals surface area contributed by atoms with Gasteiger partial charge in [-0.1, -0.05) is 58.6 Å². The van der Waals surface area contributed by atoms with E-state index < -0.39 is 15.9 Å². The average molecular weight is 474 g/mol. The van der Waals surface area contributed by atoms with Crippen LogP contribution in [0.15, 0.2) is 48.5 Å². The minimum absolute atomic E-state index is 0.116. The van der Waals surface area contributed by atoms with E-state index in [1.165, 1.54) is 6.92 Å². The number of nitrogens with one attached hydrogen (secondary N) is 4. The average Bonchev–Trinajstić information content (AvgIpc) is 2.60. The topological polar surface area (TPSA) is 82.3 Å². The second-order valence-corrected chi connectivity index (χ2v) is 8.95. The third-order valence-electron chi connectivity index (χ3n) is 3.63. The lowest BCUT2D eigenvalue weighted by Crippen LogP contribution is -2.56. The number of thiocarbonyl (C=S) groups is 1. The fourth-order valence-corrected chi connectivity index (χ4v) is 2.86. The molecule has 0 spiro atoms. The number of aryl methyl sites for hydroxylation is 1. The van der Waals surface area contributed by atoms with Gasteiger partial charge in [-0.2, -0.15) is 0 Å². The van der Waals surface area contributed by atoms with E-state index in [0.29, 0.717) is 16.9 Å². The van der Waals surface area contributed by atoms with E-state index in [-0.39, 0.29) is 11.0 Å². The predicted octanol–water partition coefficient (Wildman–Crippen LogP) is 4.37. The van der Waals surface area contributed by atoms with Crippen molar-refractivity contribution < 1.29 is 9.59 Å². The van der Waals surface area contributed by atoms with Crippen molar-refractivity contribution in [2.24, 2.45) is 0 Å². The number of benzene rings is 2. The maximum absolute atomic E-state index is 12.5. The molecular formula is C19H19Cl3N4O2S. The van der Waals surface area contributed by atoms with Gasteiger partial charge in [-0.25, -0.2) is 0 Å². The molecule has 2 aromatic rings. The van der Waals surface area contributed by atoms with Crippen LogP contribution in [0.25, 0.3) is 0 Å². The van der Waals surface area contributed by atoms with Gasteiger partial charge in [-0.15, -0.1) is 0 Å². The van der Waals surface area contributed by atoms with Crippen LogP contribution in [-0.2, 0) is 4.79 Å². The molecule has 4 N–H and O–H groups in total. The van der Waals surface area contributed by atoms with Crippen molar-refractivity contribution in [3.8, 4) is 0 Å². The smallest absolute Gasteiger partial charge is 0.252 e. The standard InChI is InChI=1S/C19H19Cl3N4O2S/c1-11-6-8-13(9-7-11)16(28)25-17(19(20,21)22)26-18(29)24-15-5-3-4-14(10-15)23-12(2)27/h3-10,17H,1-2H3,(H,23,27)(H,25,28)(H2,24,26,29). The monoisotopic (exact) mass is 472 g/mol. The van der Waals surface area contributed by atoms with E-state index in [2.05, 4.69) is 21.3 Å². The fraction of sp³-hybridized carbons (Fsp3) is 0.211. The molecule has 2 rings (SSSR count). The number of rotatable bonds is 5. The lowest BCUT2D eigenvalue weighted by atomic mass is 10.1. The molecule has 0 heterocycles. The van der Waals surface area contributed by atoms with Gasteiger partial charge in [-0.3, -0.25) is 9.59 Å². The summed E-state index contributed by atoms with van der Waals surface area (Å²) in [5.74, 6) is -0.623. The number of carbonyl (C=O) groups is 2. The molecule has 0 bridgehead atoms. The maximum Gasteiger partial charge on any atom is 0.252 e. The number of amides is 2. The first-order valence-electron chi connectivity index (χ1n) is 8.44. The van der Waals surface area contributed by atoms with Crippen LogP contribution in [0.3, 0.4) is 0 Å². The highest BCUT2D eigenvalue weighted by Crippen LogP contribution is 2.29. The second-order valence-electron chi connectivity index (χ2n) is 6.17. The zero-order chi connectivity index (χ0) is 21.6. The van der Waals surface area contributed by atoms with Gasteiger partial charge in [0.2, 0.25) is 9.70 Å². The molecule has 0 saturated carbocycles. The van der Waals surface area contributed by atoms with Crippen molar-refractivity contribution in [2.45, 2.75) is 23.8 Å². The number of hydrogen-bond acceptors (Lipinski definition) is 3. The van der Waals surface area contributed by atoms with Crippen molar-refractivity contribution in [3.63, 3.8) is 0 Å². The Bertz CT molecular complexity index is 901.